The lowest BCUT2D eigenvalue weighted by Gasteiger charge is -2.24. The van der Waals surface area contributed by atoms with Gasteiger partial charge in [-0.25, -0.2) is 9.69 Å². The van der Waals surface area contributed by atoms with Gasteiger partial charge in [0.25, 0.3) is 0 Å². The molecular formula is C10H6Cl2N2O3. The molecule has 0 unspecified atom stereocenters. The van der Waals surface area contributed by atoms with Crippen molar-refractivity contribution in [3.8, 4) is 0 Å². The second-order valence-electron chi connectivity index (χ2n) is 3.39. The molecule has 0 aromatic heterocycles. The summed E-state index contributed by atoms with van der Waals surface area (Å²) in [4.78, 5) is 34.9. The first-order chi connectivity index (χ1) is 7.97. The van der Waals surface area contributed by atoms with E-state index in [1.165, 1.54) is 18.2 Å². The zero-order valence-electron chi connectivity index (χ0n) is 8.37. The fourth-order valence-corrected chi connectivity index (χ4v) is 1.99. The van der Waals surface area contributed by atoms with Crippen molar-refractivity contribution < 1.29 is 14.4 Å². The van der Waals surface area contributed by atoms with Gasteiger partial charge >= 0.3 is 6.03 Å². The number of hydrogen-bond acceptors (Lipinski definition) is 3. The van der Waals surface area contributed by atoms with E-state index in [0.29, 0.717) is 10.0 Å². The first-order valence-electron chi connectivity index (χ1n) is 4.60. The Kier molecular flexibility index (Phi) is 3.04. The Hall–Kier alpha value is -1.59. The van der Waals surface area contributed by atoms with E-state index >= 15 is 0 Å². The van der Waals surface area contributed by atoms with Crippen LogP contribution in [0.4, 0.5) is 10.5 Å². The summed E-state index contributed by atoms with van der Waals surface area (Å²) in [7, 11) is 0. The minimum absolute atomic E-state index is 0.234. The van der Waals surface area contributed by atoms with Crippen molar-refractivity contribution in [3.05, 3.63) is 28.2 Å². The molecule has 0 bridgehead atoms. The molecule has 7 heteroatoms. The third-order valence-electron chi connectivity index (χ3n) is 2.12. The average molecular weight is 273 g/mol. The van der Waals surface area contributed by atoms with Crippen molar-refractivity contribution >= 4 is 46.7 Å². The Bertz CT molecular complexity index is 490. The number of nitrogens with one attached hydrogen (secondary N) is 1. The Morgan fingerprint density at radius 1 is 1.06 bits per heavy atom. The van der Waals surface area contributed by atoms with Gasteiger partial charge in [0.1, 0.15) is 6.42 Å². The molecule has 0 aliphatic carbocycles. The van der Waals surface area contributed by atoms with Crippen LogP contribution in [-0.2, 0) is 9.59 Å². The predicted molar refractivity (Wildman–Crippen MR) is 62.1 cm³/mol. The lowest BCUT2D eigenvalue weighted by Crippen LogP contribution is -2.52. The van der Waals surface area contributed by atoms with Crippen LogP contribution in [-0.4, -0.2) is 17.8 Å². The van der Waals surface area contributed by atoms with Crippen molar-refractivity contribution in [1.29, 1.82) is 0 Å². The summed E-state index contributed by atoms with van der Waals surface area (Å²) < 4.78 is 0. The molecule has 1 saturated heterocycles. The van der Waals surface area contributed by atoms with Crippen LogP contribution in [0.3, 0.4) is 0 Å². The molecule has 0 radical (unpaired) electrons. The van der Waals surface area contributed by atoms with Crippen molar-refractivity contribution in [1.82, 2.24) is 5.32 Å². The highest BCUT2D eigenvalue weighted by molar-refractivity contribution is 6.36. The third-order valence-corrected chi connectivity index (χ3v) is 2.55. The second-order valence-corrected chi connectivity index (χ2v) is 4.26. The molecular weight excluding hydrogens is 267 g/mol. The first kappa shape index (κ1) is 11.9. The number of nitrogens with zero attached hydrogens (tertiary/aromatic N) is 1. The van der Waals surface area contributed by atoms with Crippen LogP contribution < -0.4 is 10.2 Å². The van der Waals surface area contributed by atoms with Crippen LogP contribution in [0.5, 0.6) is 0 Å². The Labute approximate surface area is 106 Å². The number of hydrogen-bond donors (Lipinski definition) is 1. The number of benzene rings is 1. The molecule has 1 fully saturated rings. The number of amides is 4. The van der Waals surface area contributed by atoms with Gasteiger partial charge in [-0.05, 0) is 18.2 Å². The van der Waals surface area contributed by atoms with Crippen LogP contribution in [0.25, 0.3) is 0 Å². The topological polar surface area (TPSA) is 66.5 Å². The molecule has 1 aliphatic heterocycles. The van der Waals surface area contributed by atoms with E-state index < -0.39 is 17.8 Å². The molecule has 17 heavy (non-hydrogen) atoms. The standard InChI is InChI=1S/C10H6Cl2N2O3/c11-5-1-6(12)3-7(2-5)14-9(16)4-8(15)13-10(14)17/h1-3H,4H2,(H,13,15,17). The number of halogens is 2. The van der Waals surface area contributed by atoms with Crippen LogP contribution in [0.15, 0.2) is 18.2 Å². The van der Waals surface area contributed by atoms with E-state index in [2.05, 4.69) is 0 Å². The van der Waals surface area contributed by atoms with Gasteiger partial charge in [0.2, 0.25) is 11.8 Å². The number of imide groups is 2. The van der Waals surface area contributed by atoms with Crippen molar-refractivity contribution in [2.24, 2.45) is 0 Å². The van der Waals surface area contributed by atoms with Crippen LogP contribution in [0, 0.1) is 0 Å². The molecule has 0 saturated carbocycles. The maximum Gasteiger partial charge on any atom is 0.335 e. The highest BCUT2D eigenvalue weighted by Gasteiger charge is 2.32. The van der Waals surface area contributed by atoms with E-state index in [1.54, 1.807) is 0 Å². The summed E-state index contributed by atoms with van der Waals surface area (Å²) in [5.74, 6) is -1.23. The number of rotatable bonds is 1. The van der Waals surface area contributed by atoms with Crippen molar-refractivity contribution in [2.75, 3.05) is 4.90 Å². The van der Waals surface area contributed by atoms with Gasteiger partial charge in [0.05, 0.1) is 5.69 Å². The normalized spacial score (nSPS) is 16.1. The number of carbonyl (C=O) groups is 3. The van der Waals surface area contributed by atoms with Gasteiger partial charge in [-0.1, -0.05) is 23.2 Å². The monoisotopic (exact) mass is 272 g/mol. The molecule has 1 aromatic carbocycles. The fraction of sp³-hybridized carbons (Fsp3) is 0.100. The van der Waals surface area contributed by atoms with E-state index in [0.717, 1.165) is 4.90 Å². The van der Waals surface area contributed by atoms with E-state index in [1.807, 2.05) is 5.32 Å². The second kappa shape index (κ2) is 4.35. The molecule has 1 aliphatic rings. The minimum Gasteiger partial charge on any atom is -0.277 e. The molecule has 1 N–H and O–H groups in total. The maximum absolute atomic E-state index is 11.6. The zero-order valence-corrected chi connectivity index (χ0v) is 9.88. The first-order valence-corrected chi connectivity index (χ1v) is 5.36. The summed E-state index contributed by atoms with van der Waals surface area (Å²) in [5, 5.41) is 2.63. The molecule has 0 atom stereocenters. The summed E-state index contributed by atoms with van der Waals surface area (Å²) >= 11 is 11.5. The largest absolute Gasteiger partial charge is 0.335 e. The van der Waals surface area contributed by atoms with Crippen LogP contribution >= 0.6 is 23.2 Å². The highest BCUT2D eigenvalue weighted by Crippen LogP contribution is 2.26. The van der Waals surface area contributed by atoms with Gasteiger partial charge in [0, 0.05) is 10.0 Å². The number of anilines is 1. The van der Waals surface area contributed by atoms with Crippen molar-refractivity contribution in [2.45, 2.75) is 6.42 Å². The number of barbiturate groups is 1. The highest BCUT2D eigenvalue weighted by atomic mass is 35.5. The lowest BCUT2D eigenvalue weighted by molar-refractivity contribution is -0.128. The molecule has 4 amide bonds. The molecule has 1 heterocycles. The predicted octanol–water partition coefficient (Wildman–Crippen LogP) is 1.97. The zero-order chi connectivity index (χ0) is 12.6. The maximum atomic E-state index is 11.6. The quantitative estimate of drug-likeness (QED) is 0.795. The summed E-state index contributed by atoms with van der Waals surface area (Å²) in [6.07, 6.45) is -0.379. The van der Waals surface area contributed by atoms with Gasteiger partial charge in [0.15, 0.2) is 0 Å². The Balaban J connectivity index is 2.41. The van der Waals surface area contributed by atoms with Gasteiger partial charge in [-0.2, -0.15) is 0 Å². The minimum atomic E-state index is -0.801. The Morgan fingerprint density at radius 3 is 2.18 bits per heavy atom. The summed E-state index contributed by atoms with van der Waals surface area (Å²) in [6, 6.07) is 3.51. The molecule has 88 valence electrons. The summed E-state index contributed by atoms with van der Waals surface area (Å²) in [5.41, 5.74) is 0.234. The Morgan fingerprint density at radius 2 is 1.65 bits per heavy atom. The van der Waals surface area contributed by atoms with Crippen LogP contribution in [0.1, 0.15) is 6.42 Å². The SMILES string of the molecule is O=C1CC(=O)N(c2cc(Cl)cc(Cl)c2)C(=O)N1. The van der Waals surface area contributed by atoms with E-state index in [9.17, 15) is 14.4 Å². The van der Waals surface area contributed by atoms with Crippen molar-refractivity contribution in [3.63, 3.8) is 0 Å². The van der Waals surface area contributed by atoms with E-state index in [4.69, 9.17) is 23.2 Å². The number of urea groups is 1. The van der Waals surface area contributed by atoms with Crippen LogP contribution in [0.2, 0.25) is 10.0 Å². The van der Waals surface area contributed by atoms with Gasteiger partial charge in [-0.15, -0.1) is 0 Å². The number of carbonyl (C=O) groups excluding carboxylic acids is 3. The smallest absolute Gasteiger partial charge is 0.277 e. The van der Waals surface area contributed by atoms with Gasteiger partial charge in [-0.3, -0.25) is 14.9 Å². The average Bonchev–Trinajstić information content (AvgIpc) is 2.13. The molecule has 1 aromatic rings. The molecule has 2 rings (SSSR count). The molecule has 5 nitrogen and oxygen atoms in total. The molecule has 0 spiro atoms. The van der Waals surface area contributed by atoms with E-state index in [-0.39, 0.29) is 12.1 Å². The lowest BCUT2D eigenvalue weighted by atomic mass is 10.2. The third kappa shape index (κ3) is 2.40. The summed E-state index contributed by atoms with van der Waals surface area (Å²) in [6.45, 7) is 0. The fourth-order valence-electron chi connectivity index (χ4n) is 1.48. The van der Waals surface area contributed by atoms with Gasteiger partial charge < -0.3 is 0 Å².